The zero-order chi connectivity index (χ0) is 14.3. The van der Waals surface area contributed by atoms with Crippen molar-refractivity contribution in [3.05, 3.63) is 20.6 Å². The van der Waals surface area contributed by atoms with Crippen molar-refractivity contribution in [2.75, 3.05) is 0 Å². The zero-order valence-electron chi connectivity index (χ0n) is 14.4. The molecular formula is C15H31Cl2NSiTi. The van der Waals surface area contributed by atoms with Crippen LogP contribution in [0.5, 0.6) is 0 Å². The third-order valence-electron chi connectivity index (χ3n) is 3.81. The summed E-state index contributed by atoms with van der Waals surface area (Å²) < 4.78 is 1.77. The van der Waals surface area contributed by atoms with Crippen molar-refractivity contribution >= 4 is 31.5 Å². The molecule has 0 aromatic rings. The standard InChI is InChI=1S/C13H22N.C2H7Si.2ClH.Ti/c1-9-8-13(7,11(3)10(9)2)14-12(4,5)6;1-3-2;;;/h14H,1-7H3;3H,1-2H3;2*1H;. The second-order valence-electron chi connectivity index (χ2n) is 7.05. The van der Waals surface area contributed by atoms with Gasteiger partial charge >= 0.3 is 124 Å². The molecule has 0 amide bonds. The number of hydrogen-bond donors (Lipinski definition) is 1. The van der Waals surface area contributed by atoms with Gasteiger partial charge < -0.3 is 0 Å². The molecule has 1 N–H and O–H groups in total. The SMILES string of the molecule is CC1=C(C)C(C)(NC(C)(C)C)[C]([Ti][SiH](C)C)=C1C.Cl.Cl. The Labute approximate surface area is 148 Å². The van der Waals surface area contributed by atoms with E-state index in [1.54, 1.807) is 15.0 Å². The second kappa shape index (κ2) is 7.99. The number of rotatable bonds is 3. The maximum Gasteiger partial charge on any atom is -0.147 e. The fourth-order valence-electron chi connectivity index (χ4n) is 2.85. The van der Waals surface area contributed by atoms with Crippen molar-refractivity contribution in [1.29, 1.82) is 0 Å². The van der Waals surface area contributed by atoms with Crippen molar-refractivity contribution in [3.63, 3.8) is 0 Å². The van der Waals surface area contributed by atoms with E-state index in [2.05, 4.69) is 66.9 Å². The molecule has 0 radical (unpaired) electrons. The van der Waals surface area contributed by atoms with Crippen molar-refractivity contribution in [2.24, 2.45) is 0 Å². The summed E-state index contributed by atoms with van der Waals surface area (Å²) in [4.78, 5) is 0. The summed E-state index contributed by atoms with van der Waals surface area (Å²) >= 11 is 0.0894. The largest absolute Gasteiger partial charge is 0.147 e. The van der Waals surface area contributed by atoms with E-state index in [-0.39, 0.29) is 54.3 Å². The molecule has 1 atom stereocenters. The Balaban J connectivity index is 0. The van der Waals surface area contributed by atoms with Gasteiger partial charge in [-0.1, -0.05) is 0 Å². The molecule has 1 rings (SSSR count). The smallest absolute Gasteiger partial charge is 0.147 e. The summed E-state index contributed by atoms with van der Waals surface area (Å²) in [5, 5.41) is 3.90. The van der Waals surface area contributed by atoms with Gasteiger partial charge in [-0.25, -0.2) is 0 Å². The summed E-state index contributed by atoms with van der Waals surface area (Å²) in [6.45, 7) is 20.7. The Morgan fingerprint density at radius 2 is 1.45 bits per heavy atom. The van der Waals surface area contributed by atoms with E-state index in [1.807, 2.05) is 0 Å². The molecule has 0 saturated heterocycles. The second-order valence-corrected chi connectivity index (χ2v) is 17.2. The minimum Gasteiger partial charge on any atom is -0.147 e. The normalized spacial score (nSPS) is 22.9. The van der Waals surface area contributed by atoms with Gasteiger partial charge in [-0.3, -0.25) is 0 Å². The van der Waals surface area contributed by atoms with Crippen LogP contribution in [-0.4, -0.2) is 17.7 Å². The first-order chi connectivity index (χ1) is 7.99. The van der Waals surface area contributed by atoms with Gasteiger partial charge in [-0.15, -0.1) is 24.8 Å². The van der Waals surface area contributed by atoms with E-state index < -0.39 is 6.66 Å². The van der Waals surface area contributed by atoms with Gasteiger partial charge in [0.25, 0.3) is 0 Å². The zero-order valence-corrected chi connectivity index (χ0v) is 18.7. The summed E-state index contributed by atoms with van der Waals surface area (Å²) in [7, 11) is 0. The third kappa shape index (κ3) is 5.00. The summed E-state index contributed by atoms with van der Waals surface area (Å²) in [5.41, 5.74) is 4.96. The Kier molecular flexibility index (Phi) is 9.27. The first kappa shape index (κ1) is 23.2. The molecule has 0 aromatic carbocycles. The number of allylic oxidation sites excluding steroid dienone is 2. The van der Waals surface area contributed by atoms with Gasteiger partial charge in [-0.05, 0) is 0 Å². The molecule has 1 nitrogen and oxygen atoms in total. The Bertz CT molecular complexity index is 411. The first-order valence-corrected chi connectivity index (χ1v) is 13.3. The number of hydrogen-bond acceptors (Lipinski definition) is 1. The monoisotopic (exact) mass is 371 g/mol. The topological polar surface area (TPSA) is 12.0 Å². The van der Waals surface area contributed by atoms with Crippen molar-refractivity contribution in [3.8, 4) is 0 Å². The Morgan fingerprint density at radius 3 is 1.80 bits per heavy atom. The molecule has 0 saturated carbocycles. The molecule has 1 aliphatic rings. The van der Waals surface area contributed by atoms with Crippen LogP contribution >= 0.6 is 24.8 Å². The van der Waals surface area contributed by atoms with Crippen LogP contribution in [0.1, 0.15) is 48.5 Å². The molecule has 0 bridgehead atoms. The molecule has 0 aromatic heterocycles. The van der Waals surface area contributed by atoms with Crippen molar-refractivity contribution in [1.82, 2.24) is 5.32 Å². The molecule has 0 fully saturated rings. The average Bonchev–Trinajstić information content (AvgIpc) is 2.31. The van der Waals surface area contributed by atoms with Gasteiger partial charge in [0.15, 0.2) is 0 Å². The van der Waals surface area contributed by atoms with Crippen LogP contribution in [0.25, 0.3) is 0 Å². The van der Waals surface area contributed by atoms with Gasteiger partial charge in [-0.2, -0.15) is 0 Å². The molecule has 118 valence electrons. The molecule has 0 spiro atoms. The van der Waals surface area contributed by atoms with E-state index in [9.17, 15) is 0 Å². The van der Waals surface area contributed by atoms with E-state index in [4.69, 9.17) is 0 Å². The molecule has 0 heterocycles. The van der Waals surface area contributed by atoms with Gasteiger partial charge in [0.05, 0.1) is 0 Å². The van der Waals surface area contributed by atoms with Gasteiger partial charge in [0, 0.05) is 0 Å². The van der Waals surface area contributed by atoms with Crippen molar-refractivity contribution < 1.29 is 18.4 Å². The van der Waals surface area contributed by atoms with Crippen LogP contribution in [0.15, 0.2) is 20.6 Å². The molecule has 1 aliphatic carbocycles. The van der Waals surface area contributed by atoms with E-state index in [0.717, 1.165) is 0 Å². The van der Waals surface area contributed by atoms with Crippen LogP contribution in [0.2, 0.25) is 13.1 Å². The van der Waals surface area contributed by atoms with Crippen LogP contribution < -0.4 is 5.32 Å². The maximum absolute atomic E-state index is 3.90. The third-order valence-corrected chi connectivity index (χ3v) is 10.1. The Hall–Kier alpha value is 0.951. The van der Waals surface area contributed by atoms with Crippen molar-refractivity contribution in [2.45, 2.75) is 72.6 Å². The predicted molar refractivity (Wildman–Crippen MR) is 95.7 cm³/mol. The first-order valence-electron chi connectivity index (χ1n) is 6.94. The van der Waals surface area contributed by atoms with Crippen LogP contribution in [0.3, 0.4) is 0 Å². The number of halogens is 2. The van der Waals surface area contributed by atoms with Gasteiger partial charge in [0.1, 0.15) is 0 Å². The average molecular weight is 372 g/mol. The van der Waals surface area contributed by atoms with Crippen LogP contribution in [0.4, 0.5) is 0 Å². The van der Waals surface area contributed by atoms with E-state index in [0.29, 0.717) is 0 Å². The fourth-order valence-corrected chi connectivity index (χ4v) is 9.69. The molecular weight excluding hydrogens is 341 g/mol. The maximum atomic E-state index is 3.90. The van der Waals surface area contributed by atoms with Gasteiger partial charge in [0.2, 0.25) is 0 Å². The number of nitrogens with one attached hydrogen (secondary N) is 1. The van der Waals surface area contributed by atoms with E-state index >= 15 is 0 Å². The summed E-state index contributed by atoms with van der Waals surface area (Å²) in [5.74, 6) is 0. The molecule has 20 heavy (non-hydrogen) atoms. The summed E-state index contributed by atoms with van der Waals surface area (Å²) in [6.07, 6.45) is 0. The molecule has 5 heteroatoms. The molecule has 1 unspecified atom stereocenters. The molecule has 0 aliphatic heterocycles. The van der Waals surface area contributed by atoms with Crippen LogP contribution in [-0.2, 0) is 18.4 Å². The minimum absolute atomic E-state index is 0. The summed E-state index contributed by atoms with van der Waals surface area (Å²) in [6, 6.07) is 0. The van der Waals surface area contributed by atoms with E-state index in [1.165, 1.54) is 5.57 Å². The van der Waals surface area contributed by atoms with Crippen LogP contribution in [0, 0.1) is 0 Å². The Morgan fingerprint density at radius 1 is 1.00 bits per heavy atom. The predicted octanol–water partition coefficient (Wildman–Crippen LogP) is 4.67. The minimum atomic E-state index is -0.466. The quantitative estimate of drug-likeness (QED) is 0.711. The fraction of sp³-hybridized carbons (Fsp3) is 0.733.